The Morgan fingerprint density at radius 1 is 1.42 bits per heavy atom. The first-order chi connectivity index (χ1) is 9.04. The van der Waals surface area contributed by atoms with E-state index in [1.807, 2.05) is 0 Å². The summed E-state index contributed by atoms with van der Waals surface area (Å²) in [6, 6.07) is 4.68. The Kier molecular flexibility index (Phi) is 4.07. The lowest BCUT2D eigenvalue weighted by Crippen LogP contribution is -2.22. The average Bonchev–Trinajstić information content (AvgIpc) is 2.41. The van der Waals surface area contributed by atoms with Crippen molar-refractivity contribution < 1.29 is 9.13 Å². The number of hydrogen-bond acceptors (Lipinski definition) is 3. The summed E-state index contributed by atoms with van der Waals surface area (Å²) in [5.74, 6) is -0.415. The maximum Gasteiger partial charge on any atom is 0.273 e. The van der Waals surface area contributed by atoms with Crippen molar-refractivity contribution in [2.75, 3.05) is 7.11 Å². The van der Waals surface area contributed by atoms with E-state index in [4.69, 9.17) is 27.9 Å². The highest BCUT2D eigenvalue weighted by molar-refractivity contribution is 6.40. The zero-order valence-electron chi connectivity index (χ0n) is 9.86. The van der Waals surface area contributed by atoms with Gasteiger partial charge in [0, 0.05) is 5.56 Å². The Morgan fingerprint density at radius 2 is 2.16 bits per heavy atom. The smallest absolute Gasteiger partial charge is 0.273 e. The maximum absolute atomic E-state index is 14.0. The molecule has 19 heavy (non-hydrogen) atoms. The zero-order chi connectivity index (χ0) is 14.0. The van der Waals surface area contributed by atoms with Gasteiger partial charge in [0.25, 0.3) is 5.56 Å². The minimum absolute atomic E-state index is 0.00818. The molecule has 4 nitrogen and oxygen atoms in total. The molecule has 0 aliphatic carbocycles. The topological polar surface area (TPSA) is 44.1 Å². The standard InChI is InChI=1S/C12H9Cl2FN2O2/c1-19-8-4-2-3-7(10(8)15)5-17-6-16-11(14)9(13)12(17)18/h2-4,6H,5H2,1H3. The van der Waals surface area contributed by atoms with E-state index in [9.17, 15) is 9.18 Å². The quantitative estimate of drug-likeness (QED) is 0.819. The SMILES string of the molecule is COc1cccc(Cn2cnc(Cl)c(Cl)c2=O)c1F. The molecule has 1 heterocycles. The number of benzene rings is 1. The number of methoxy groups -OCH3 is 1. The number of aromatic nitrogens is 2. The fraction of sp³-hybridized carbons (Fsp3) is 0.167. The first kappa shape index (κ1) is 13.8. The van der Waals surface area contributed by atoms with Crippen molar-refractivity contribution >= 4 is 23.2 Å². The van der Waals surface area contributed by atoms with Gasteiger partial charge in [0.1, 0.15) is 5.02 Å². The van der Waals surface area contributed by atoms with Crippen LogP contribution in [0.1, 0.15) is 5.56 Å². The average molecular weight is 303 g/mol. The summed E-state index contributed by atoms with van der Waals surface area (Å²) >= 11 is 11.3. The van der Waals surface area contributed by atoms with Crippen LogP contribution >= 0.6 is 23.2 Å². The van der Waals surface area contributed by atoms with Crippen LogP contribution in [-0.2, 0) is 6.54 Å². The van der Waals surface area contributed by atoms with E-state index in [0.29, 0.717) is 5.56 Å². The highest BCUT2D eigenvalue weighted by atomic mass is 35.5. The highest BCUT2D eigenvalue weighted by Gasteiger charge is 2.12. The van der Waals surface area contributed by atoms with E-state index in [-0.39, 0.29) is 22.5 Å². The molecule has 0 fully saturated rings. The van der Waals surface area contributed by atoms with Crippen molar-refractivity contribution in [3.63, 3.8) is 0 Å². The second-order valence-electron chi connectivity index (χ2n) is 3.72. The molecule has 100 valence electrons. The summed E-state index contributed by atoms with van der Waals surface area (Å²) in [5.41, 5.74) is -0.231. The molecule has 0 aliphatic heterocycles. The third-order valence-electron chi connectivity index (χ3n) is 2.54. The summed E-state index contributed by atoms with van der Waals surface area (Å²) in [4.78, 5) is 15.6. The monoisotopic (exact) mass is 302 g/mol. The maximum atomic E-state index is 14.0. The summed E-state index contributed by atoms with van der Waals surface area (Å²) in [6.07, 6.45) is 1.22. The summed E-state index contributed by atoms with van der Waals surface area (Å²) in [5, 5.41) is -0.262. The molecule has 7 heteroatoms. The van der Waals surface area contributed by atoms with Crippen LogP contribution in [-0.4, -0.2) is 16.7 Å². The number of hydrogen-bond donors (Lipinski definition) is 0. The van der Waals surface area contributed by atoms with E-state index in [1.54, 1.807) is 12.1 Å². The number of nitrogens with zero attached hydrogens (tertiary/aromatic N) is 2. The van der Waals surface area contributed by atoms with E-state index in [2.05, 4.69) is 4.98 Å². The molecular formula is C12H9Cl2FN2O2. The summed E-state index contributed by atoms with van der Waals surface area (Å²) in [6.45, 7) is -0.00818. The predicted octanol–water partition coefficient (Wildman–Crippen LogP) is 2.75. The molecule has 0 atom stereocenters. The Bertz CT molecular complexity index is 673. The van der Waals surface area contributed by atoms with Crippen LogP contribution in [0.3, 0.4) is 0 Å². The molecule has 0 aliphatic rings. The van der Waals surface area contributed by atoms with Crippen molar-refractivity contribution in [1.29, 1.82) is 0 Å². The minimum Gasteiger partial charge on any atom is -0.494 e. The van der Waals surface area contributed by atoms with Gasteiger partial charge in [-0.2, -0.15) is 0 Å². The lowest BCUT2D eigenvalue weighted by Gasteiger charge is -2.09. The minimum atomic E-state index is -0.525. The third-order valence-corrected chi connectivity index (χ3v) is 3.27. The van der Waals surface area contributed by atoms with Gasteiger partial charge >= 0.3 is 0 Å². The fourth-order valence-electron chi connectivity index (χ4n) is 1.58. The van der Waals surface area contributed by atoms with Crippen molar-refractivity contribution in [3.8, 4) is 5.75 Å². The first-order valence-electron chi connectivity index (χ1n) is 5.26. The van der Waals surface area contributed by atoms with E-state index in [0.717, 1.165) is 0 Å². The van der Waals surface area contributed by atoms with Gasteiger partial charge in [-0.05, 0) is 6.07 Å². The molecule has 2 aromatic rings. The molecule has 2 rings (SSSR count). The Labute approximate surface area is 118 Å². The Balaban J connectivity index is 2.43. The van der Waals surface area contributed by atoms with Gasteiger partial charge in [-0.25, -0.2) is 9.37 Å². The van der Waals surface area contributed by atoms with Gasteiger partial charge in [-0.1, -0.05) is 35.3 Å². The normalized spacial score (nSPS) is 10.5. The van der Waals surface area contributed by atoms with Crippen molar-refractivity contribution in [2.24, 2.45) is 0 Å². The van der Waals surface area contributed by atoms with Crippen molar-refractivity contribution in [2.45, 2.75) is 6.54 Å². The van der Waals surface area contributed by atoms with Crippen LogP contribution in [0.2, 0.25) is 10.2 Å². The summed E-state index contributed by atoms with van der Waals surface area (Å²) in [7, 11) is 1.37. The van der Waals surface area contributed by atoms with Gasteiger partial charge in [-0.3, -0.25) is 9.36 Å². The zero-order valence-corrected chi connectivity index (χ0v) is 11.4. The van der Waals surface area contributed by atoms with Crippen LogP contribution in [0.4, 0.5) is 4.39 Å². The molecule has 0 amide bonds. The van der Waals surface area contributed by atoms with Crippen LogP contribution in [0, 0.1) is 5.82 Å². The predicted molar refractivity (Wildman–Crippen MR) is 70.6 cm³/mol. The fourth-order valence-corrected chi connectivity index (χ4v) is 1.86. The van der Waals surface area contributed by atoms with Gasteiger partial charge in [-0.15, -0.1) is 0 Å². The lowest BCUT2D eigenvalue weighted by molar-refractivity contribution is 0.383. The molecule has 1 aromatic heterocycles. The first-order valence-corrected chi connectivity index (χ1v) is 6.02. The third kappa shape index (κ3) is 2.72. The molecule has 0 bridgehead atoms. The van der Waals surface area contributed by atoms with E-state index >= 15 is 0 Å². The molecule has 0 N–H and O–H groups in total. The van der Waals surface area contributed by atoms with Crippen LogP contribution in [0.15, 0.2) is 29.3 Å². The van der Waals surface area contributed by atoms with Gasteiger partial charge in [0.2, 0.25) is 0 Å². The molecule has 0 spiro atoms. The Hall–Kier alpha value is -1.59. The number of halogens is 3. The molecule has 0 radical (unpaired) electrons. The molecule has 0 unspecified atom stereocenters. The second kappa shape index (κ2) is 5.59. The van der Waals surface area contributed by atoms with E-state index < -0.39 is 11.4 Å². The van der Waals surface area contributed by atoms with Crippen molar-refractivity contribution in [3.05, 3.63) is 56.4 Å². The summed E-state index contributed by atoms with van der Waals surface area (Å²) < 4.78 is 20.0. The molecule has 0 saturated heterocycles. The molecule has 0 saturated carbocycles. The van der Waals surface area contributed by atoms with Crippen LogP contribution in [0.5, 0.6) is 5.75 Å². The van der Waals surface area contributed by atoms with Crippen LogP contribution < -0.4 is 10.3 Å². The lowest BCUT2D eigenvalue weighted by atomic mass is 10.2. The van der Waals surface area contributed by atoms with Crippen molar-refractivity contribution in [1.82, 2.24) is 9.55 Å². The largest absolute Gasteiger partial charge is 0.494 e. The second-order valence-corrected chi connectivity index (χ2v) is 4.45. The van der Waals surface area contributed by atoms with Gasteiger partial charge in [0.05, 0.1) is 20.0 Å². The van der Waals surface area contributed by atoms with Gasteiger partial charge < -0.3 is 4.74 Å². The number of ether oxygens (including phenoxy) is 1. The molecule has 1 aromatic carbocycles. The van der Waals surface area contributed by atoms with E-state index in [1.165, 1.54) is 24.1 Å². The Morgan fingerprint density at radius 3 is 2.84 bits per heavy atom. The van der Waals surface area contributed by atoms with Gasteiger partial charge in [0.15, 0.2) is 16.7 Å². The number of rotatable bonds is 3. The molecular weight excluding hydrogens is 294 g/mol. The highest BCUT2D eigenvalue weighted by Crippen LogP contribution is 2.20. The van der Waals surface area contributed by atoms with Crippen LogP contribution in [0.25, 0.3) is 0 Å².